The Bertz CT molecular complexity index is 1570. The maximum Gasteiger partial charge on any atom is 0.333 e. The van der Waals surface area contributed by atoms with Gasteiger partial charge in [0.2, 0.25) is 0 Å². The number of ether oxygens (including phenoxy) is 4. The van der Waals surface area contributed by atoms with Crippen molar-refractivity contribution in [2.75, 3.05) is 27.4 Å². The van der Waals surface area contributed by atoms with E-state index in [2.05, 4.69) is 24.3 Å². The summed E-state index contributed by atoms with van der Waals surface area (Å²) in [5.74, 6) is 0.925. The summed E-state index contributed by atoms with van der Waals surface area (Å²) in [5.41, 5.74) is 4.73. The molecule has 0 radical (unpaired) electrons. The van der Waals surface area contributed by atoms with Crippen LogP contribution in [0.25, 0.3) is 33.1 Å². The minimum absolute atomic E-state index is 0.240. The van der Waals surface area contributed by atoms with Crippen LogP contribution in [0.5, 0.6) is 17.2 Å². The van der Waals surface area contributed by atoms with Gasteiger partial charge in [-0.1, -0.05) is 42.5 Å². The summed E-state index contributed by atoms with van der Waals surface area (Å²) >= 11 is 0. The highest BCUT2D eigenvalue weighted by Crippen LogP contribution is 2.33. The molecule has 0 saturated heterocycles. The molecular weight excluding hydrogens is 496 g/mol. The molecule has 4 aromatic carbocycles. The van der Waals surface area contributed by atoms with Gasteiger partial charge in [-0.3, -0.25) is 0 Å². The van der Waals surface area contributed by atoms with Crippen LogP contribution in [-0.4, -0.2) is 44.6 Å². The van der Waals surface area contributed by atoms with E-state index in [-0.39, 0.29) is 6.42 Å². The number of para-hydroxylation sites is 1. The van der Waals surface area contributed by atoms with E-state index in [0.717, 1.165) is 44.4 Å². The molecule has 200 valence electrons. The predicted molar refractivity (Wildman–Crippen MR) is 150 cm³/mol. The molecule has 5 rings (SSSR count). The van der Waals surface area contributed by atoms with Crippen molar-refractivity contribution in [3.63, 3.8) is 0 Å². The molecule has 1 heterocycles. The zero-order valence-corrected chi connectivity index (χ0v) is 21.9. The third kappa shape index (κ3) is 5.99. The Labute approximate surface area is 226 Å². The van der Waals surface area contributed by atoms with Gasteiger partial charge in [0.1, 0.15) is 16.9 Å². The van der Waals surface area contributed by atoms with E-state index < -0.39 is 12.1 Å². The number of hydrogen-bond acceptors (Lipinski definition) is 6. The van der Waals surface area contributed by atoms with Crippen LogP contribution in [0.15, 0.2) is 89.3 Å². The van der Waals surface area contributed by atoms with Gasteiger partial charge in [0, 0.05) is 30.7 Å². The Morgan fingerprint density at radius 3 is 2.31 bits per heavy atom. The van der Waals surface area contributed by atoms with Gasteiger partial charge in [0.25, 0.3) is 0 Å². The smallest absolute Gasteiger partial charge is 0.333 e. The number of carbonyl (C=O) groups is 1. The van der Waals surface area contributed by atoms with Crippen molar-refractivity contribution in [3.8, 4) is 28.4 Å². The van der Waals surface area contributed by atoms with E-state index in [1.54, 1.807) is 19.2 Å². The predicted octanol–water partition coefficient (Wildman–Crippen LogP) is 6.75. The van der Waals surface area contributed by atoms with E-state index >= 15 is 0 Å². The fourth-order valence-electron chi connectivity index (χ4n) is 4.52. The van der Waals surface area contributed by atoms with Gasteiger partial charge in [-0.25, -0.2) is 4.79 Å². The van der Waals surface area contributed by atoms with Crippen LogP contribution in [-0.2, 0) is 16.0 Å². The normalized spacial score (nSPS) is 11.9. The Hall–Kier alpha value is -4.49. The van der Waals surface area contributed by atoms with Crippen LogP contribution in [0, 0.1) is 0 Å². The Morgan fingerprint density at radius 1 is 0.795 bits per heavy atom. The molecule has 5 aromatic rings. The Kier molecular flexibility index (Phi) is 7.99. The average Bonchev–Trinajstić information content (AvgIpc) is 3.34. The quantitative estimate of drug-likeness (QED) is 0.180. The van der Waals surface area contributed by atoms with Crippen molar-refractivity contribution in [1.29, 1.82) is 0 Å². The van der Waals surface area contributed by atoms with Crippen molar-refractivity contribution < 1.29 is 33.3 Å². The summed E-state index contributed by atoms with van der Waals surface area (Å²) < 4.78 is 28.2. The summed E-state index contributed by atoms with van der Waals surface area (Å²) in [7, 11) is 2.94. The van der Waals surface area contributed by atoms with Gasteiger partial charge < -0.3 is 28.5 Å². The molecule has 0 saturated carbocycles. The number of fused-ring (bicyclic) bond motifs is 3. The molecule has 0 aliphatic heterocycles. The topological polar surface area (TPSA) is 87.4 Å². The van der Waals surface area contributed by atoms with E-state index in [0.29, 0.717) is 31.1 Å². The molecule has 1 aromatic heterocycles. The second-order valence-corrected chi connectivity index (χ2v) is 9.14. The first-order valence-corrected chi connectivity index (χ1v) is 12.8. The molecule has 0 amide bonds. The van der Waals surface area contributed by atoms with Crippen LogP contribution < -0.4 is 14.2 Å². The standard InChI is InChI=1S/C32H30O7/c1-35-30-18-21(19-31(36-2)32(33)34)8-15-28(30)38-17-5-16-37-24-12-9-22(10-13-24)23-11-14-26-25-6-3-4-7-27(25)39-29(26)20-23/h3-4,6-15,18,20,31H,5,16-17,19H2,1-2H3,(H,33,34)/t31-/m0/s1. The van der Waals surface area contributed by atoms with Crippen LogP contribution >= 0.6 is 0 Å². The molecule has 0 unspecified atom stereocenters. The second kappa shape index (κ2) is 11.9. The first-order valence-electron chi connectivity index (χ1n) is 12.8. The number of hydrogen-bond donors (Lipinski definition) is 1. The van der Waals surface area contributed by atoms with E-state index in [1.165, 1.54) is 7.11 Å². The number of methoxy groups -OCH3 is 2. The molecule has 39 heavy (non-hydrogen) atoms. The monoisotopic (exact) mass is 526 g/mol. The van der Waals surface area contributed by atoms with Crippen LogP contribution in [0.1, 0.15) is 12.0 Å². The maximum atomic E-state index is 11.2. The van der Waals surface area contributed by atoms with Crippen LogP contribution in [0.3, 0.4) is 0 Å². The number of carboxylic acid groups (broad SMARTS) is 1. The van der Waals surface area contributed by atoms with Crippen molar-refractivity contribution in [3.05, 3.63) is 90.5 Å². The fraction of sp³-hybridized carbons (Fsp3) is 0.219. The highest BCUT2D eigenvalue weighted by atomic mass is 16.5. The summed E-state index contributed by atoms with van der Waals surface area (Å²) in [6, 6.07) is 27.7. The largest absolute Gasteiger partial charge is 0.493 e. The minimum atomic E-state index is -1.00. The molecule has 1 atom stereocenters. The third-order valence-electron chi connectivity index (χ3n) is 6.59. The molecule has 7 nitrogen and oxygen atoms in total. The molecule has 1 N–H and O–H groups in total. The molecular formula is C32H30O7. The van der Waals surface area contributed by atoms with Crippen molar-refractivity contribution in [1.82, 2.24) is 0 Å². The minimum Gasteiger partial charge on any atom is -0.493 e. The van der Waals surface area contributed by atoms with Crippen LogP contribution in [0.2, 0.25) is 0 Å². The first kappa shape index (κ1) is 26.1. The van der Waals surface area contributed by atoms with Crippen molar-refractivity contribution >= 4 is 27.9 Å². The highest BCUT2D eigenvalue weighted by molar-refractivity contribution is 6.05. The zero-order chi connectivity index (χ0) is 27.2. The number of aliphatic carboxylic acids is 1. The lowest BCUT2D eigenvalue weighted by atomic mass is 10.0. The number of furan rings is 1. The van der Waals surface area contributed by atoms with Crippen molar-refractivity contribution in [2.24, 2.45) is 0 Å². The van der Waals surface area contributed by atoms with Gasteiger partial charge in [0.05, 0.1) is 20.3 Å². The van der Waals surface area contributed by atoms with Gasteiger partial charge in [-0.05, 0) is 59.2 Å². The highest BCUT2D eigenvalue weighted by Gasteiger charge is 2.18. The summed E-state index contributed by atoms with van der Waals surface area (Å²) in [5, 5.41) is 11.4. The van der Waals surface area contributed by atoms with E-state index in [4.69, 9.17) is 23.4 Å². The number of rotatable bonds is 12. The molecule has 0 bridgehead atoms. The maximum absolute atomic E-state index is 11.2. The van der Waals surface area contributed by atoms with Gasteiger partial charge in [-0.15, -0.1) is 0 Å². The molecule has 0 spiro atoms. The number of carboxylic acids is 1. The fourth-order valence-corrected chi connectivity index (χ4v) is 4.52. The van der Waals surface area contributed by atoms with Gasteiger partial charge in [-0.2, -0.15) is 0 Å². The lowest BCUT2D eigenvalue weighted by molar-refractivity contribution is -0.148. The molecule has 0 fully saturated rings. The van der Waals surface area contributed by atoms with Gasteiger partial charge >= 0.3 is 5.97 Å². The Balaban J connectivity index is 1.12. The van der Waals surface area contributed by atoms with Crippen LogP contribution in [0.4, 0.5) is 0 Å². The SMILES string of the molecule is COc1cc(C[C@H](OC)C(=O)O)ccc1OCCCOc1ccc(-c2ccc3c(c2)oc2ccccc23)cc1. The Morgan fingerprint density at radius 2 is 1.54 bits per heavy atom. The average molecular weight is 527 g/mol. The first-order chi connectivity index (χ1) is 19.1. The molecule has 0 aliphatic rings. The van der Waals surface area contributed by atoms with Crippen molar-refractivity contribution in [2.45, 2.75) is 18.9 Å². The summed E-state index contributed by atoms with van der Waals surface area (Å²) in [4.78, 5) is 11.2. The molecule has 7 heteroatoms. The number of benzene rings is 4. The zero-order valence-electron chi connectivity index (χ0n) is 21.9. The summed E-state index contributed by atoms with van der Waals surface area (Å²) in [6.45, 7) is 0.944. The third-order valence-corrected chi connectivity index (χ3v) is 6.59. The lowest BCUT2D eigenvalue weighted by Crippen LogP contribution is -2.24. The summed E-state index contributed by atoms with van der Waals surface area (Å²) in [6.07, 6.45) is 0.0111. The second-order valence-electron chi connectivity index (χ2n) is 9.14. The lowest BCUT2D eigenvalue weighted by Gasteiger charge is -2.14. The van der Waals surface area contributed by atoms with E-state index in [1.807, 2.05) is 48.5 Å². The van der Waals surface area contributed by atoms with Gasteiger partial charge in [0.15, 0.2) is 17.6 Å². The van der Waals surface area contributed by atoms with E-state index in [9.17, 15) is 9.90 Å². The molecule has 0 aliphatic carbocycles.